The first-order valence-electron chi connectivity index (χ1n) is 2.45. The van der Waals surface area contributed by atoms with Crippen LogP contribution in [0.15, 0.2) is 10.8 Å². The molecular formula is C5H6BrN3. The molecule has 0 aromatic carbocycles. The number of aryl methyl sites for hydroxylation is 1. The fourth-order valence-electron chi connectivity index (χ4n) is 0.434. The van der Waals surface area contributed by atoms with Crippen LogP contribution in [0, 0.1) is 6.92 Å². The third kappa shape index (κ3) is 1.38. The summed E-state index contributed by atoms with van der Waals surface area (Å²) in [6, 6.07) is 0. The first-order valence-corrected chi connectivity index (χ1v) is 3.24. The zero-order chi connectivity index (χ0) is 6.85. The van der Waals surface area contributed by atoms with Gasteiger partial charge in [-0.2, -0.15) is 0 Å². The molecule has 0 radical (unpaired) electrons. The van der Waals surface area contributed by atoms with Crippen molar-refractivity contribution in [3.8, 4) is 0 Å². The van der Waals surface area contributed by atoms with E-state index in [2.05, 4.69) is 25.9 Å². The van der Waals surface area contributed by atoms with Gasteiger partial charge in [0.2, 0.25) is 5.95 Å². The summed E-state index contributed by atoms with van der Waals surface area (Å²) in [5.74, 6) is 0.299. The van der Waals surface area contributed by atoms with Gasteiger partial charge in [-0.3, -0.25) is 0 Å². The molecule has 0 atom stereocenters. The predicted octanol–water partition coefficient (Wildman–Crippen LogP) is 1.13. The maximum atomic E-state index is 5.28. The molecule has 0 fully saturated rings. The summed E-state index contributed by atoms with van der Waals surface area (Å²) < 4.78 is 0.759. The Labute approximate surface area is 61.4 Å². The Morgan fingerprint density at radius 1 is 1.67 bits per heavy atom. The van der Waals surface area contributed by atoms with Crippen LogP contribution < -0.4 is 5.73 Å². The highest BCUT2D eigenvalue weighted by molar-refractivity contribution is 9.10. The molecule has 0 bridgehead atoms. The molecule has 0 unspecified atom stereocenters. The van der Waals surface area contributed by atoms with Gasteiger partial charge in [0.15, 0.2) is 0 Å². The number of nitrogen functional groups attached to an aromatic ring is 1. The van der Waals surface area contributed by atoms with Crippen molar-refractivity contribution in [3.05, 3.63) is 16.4 Å². The molecule has 0 saturated heterocycles. The van der Waals surface area contributed by atoms with Gasteiger partial charge in [-0.25, -0.2) is 9.97 Å². The van der Waals surface area contributed by atoms with Gasteiger partial charge in [0.05, 0.1) is 0 Å². The lowest BCUT2D eigenvalue weighted by Gasteiger charge is -1.94. The molecule has 0 aliphatic heterocycles. The van der Waals surface area contributed by atoms with Crippen LogP contribution in [0.4, 0.5) is 5.95 Å². The van der Waals surface area contributed by atoms with E-state index in [1.807, 2.05) is 6.92 Å². The molecule has 0 spiro atoms. The van der Waals surface area contributed by atoms with E-state index in [1.165, 1.54) is 0 Å². The molecular weight excluding hydrogens is 182 g/mol. The molecule has 9 heavy (non-hydrogen) atoms. The van der Waals surface area contributed by atoms with Crippen molar-refractivity contribution in [1.29, 1.82) is 0 Å². The Bertz CT molecular complexity index is 223. The predicted molar refractivity (Wildman–Crippen MR) is 38.9 cm³/mol. The molecule has 3 nitrogen and oxygen atoms in total. The van der Waals surface area contributed by atoms with Crippen LogP contribution in [-0.4, -0.2) is 9.97 Å². The number of nitrogens with zero attached hydrogens (tertiary/aromatic N) is 2. The number of halogens is 1. The summed E-state index contributed by atoms with van der Waals surface area (Å²) in [6.07, 6.45) is 1.67. The van der Waals surface area contributed by atoms with E-state index in [0.717, 1.165) is 10.2 Å². The molecule has 0 aliphatic rings. The molecule has 1 heterocycles. The third-order valence-electron chi connectivity index (χ3n) is 0.929. The van der Waals surface area contributed by atoms with E-state index in [1.54, 1.807) is 6.20 Å². The second-order valence-electron chi connectivity index (χ2n) is 1.70. The second kappa shape index (κ2) is 2.31. The normalized spacial score (nSPS) is 9.56. The Morgan fingerprint density at radius 3 is 2.78 bits per heavy atom. The molecule has 1 aromatic heterocycles. The Hall–Kier alpha value is -0.640. The first-order chi connectivity index (χ1) is 4.20. The average molecular weight is 188 g/mol. The minimum absolute atomic E-state index is 0.299. The number of aromatic nitrogens is 2. The van der Waals surface area contributed by atoms with Crippen LogP contribution >= 0.6 is 15.9 Å². The van der Waals surface area contributed by atoms with Crippen LogP contribution in [-0.2, 0) is 0 Å². The quantitative estimate of drug-likeness (QED) is 0.620. The van der Waals surface area contributed by atoms with Crippen molar-refractivity contribution >= 4 is 21.9 Å². The van der Waals surface area contributed by atoms with Crippen molar-refractivity contribution in [2.24, 2.45) is 0 Å². The monoisotopic (exact) mass is 187 g/mol. The number of anilines is 1. The molecule has 1 rings (SSSR count). The average Bonchev–Trinajstić information content (AvgIpc) is 1.80. The van der Waals surface area contributed by atoms with E-state index in [-0.39, 0.29) is 0 Å². The van der Waals surface area contributed by atoms with Gasteiger partial charge in [0.25, 0.3) is 0 Å². The van der Waals surface area contributed by atoms with E-state index in [0.29, 0.717) is 5.95 Å². The summed E-state index contributed by atoms with van der Waals surface area (Å²) in [6.45, 7) is 1.91. The van der Waals surface area contributed by atoms with Crippen LogP contribution in [0.5, 0.6) is 0 Å². The topological polar surface area (TPSA) is 51.8 Å². The SMILES string of the molecule is Cc1cnc(N)nc1Br. The first kappa shape index (κ1) is 6.48. The molecule has 1 aromatic rings. The minimum Gasteiger partial charge on any atom is -0.368 e. The van der Waals surface area contributed by atoms with Crippen molar-refractivity contribution in [1.82, 2.24) is 9.97 Å². The van der Waals surface area contributed by atoms with Gasteiger partial charge in [-0.15, -0.1) is 0 Å². The lowest BCUT2D eigenvalue weighted by Crippen LogP contribution is -1.94. The van der Waals surface area contributed by atoms with Crippen LogP contribution in [0.1, 0.15) is 5.56 Å². The molecule has 0 saturated carbocycles. The maximum Gasteiger partial charge on any atom is 0.221 e. The zero-order valence-corrected chi connectivity index (χ0v) is 6.51. The maximum absolute atomic E-state index is 5.28. The molecule has 48 valence electrons. The summed E-state index contributed by atoms with van der Waals surface area (Å²) in [4.78, 5) is 7.63. The zero-order valence-electron chi connectivity index (χ0n) is 4.93. The van der Waals surface area contributed by atoms with E-state index in [4.69, 9.17) is 5.73 Å². The largest absolute Gasteiger partial charge is 0.368 e. The van der Waals surface area contributed by atoms with E-state index >= 15 is 0 Å². The van der Waals surface area contributed by atoms with Gasteiger partial charge < -0.3 is 5.73 Å². The summed E-state index contributed by atoms with van der Waals surface area (Å²) in [5.41, 5.74) is 6.27. The number of rotatable bonds is 0. The van der Waals surface area contributed by atoms with Gasteiger partial charge >= 0.3 is 0 Å². The Balaban J connectivity index is 3.17. The summed E-state index contributed by atoms with van der Waals surface area (Å²) in [5, 5.41) is 0. The highest BCUT2D eigenvalue weighted by Crippen LogP contribution is 2.10. The van der Waals surface area contributed by atoms with E-state index < -0.39 is 0 Å². The molecule has 4 heteroatoms. The van der Waals surface area contributed by atoms with Gasteiger partial charge in [0.1, 0.15) is 4.60 Å². The standard InChI is InChI=1S/C5H6BrN3/c1-3-2-8-5(7)9-4(3)6/h2H,1H3,(H2,7,8,9). The van der Waals surface area contributed by atoms with Gasteiger partial charge in [0, 0.05) is 11.8 Å². The van der Waals surface area contributed by atoms with Gasteiger partial charge in [-0.05, 0) is 22.9 Å². The van der Waals surface area contributed by atoms with E-state index in [9.17, 15) is 0 Å². The Kier molecular flexibility index (Phi) is 1.66. The lowest BCUT2D eigenvalue weighted by atomic mass is 10.4. The molecule has 0 aliphatic carbocycles. The molecule has 0 amide bonds. The third-order valence-corrected chi connectivity index (χ3v) is 1.73. The Morgan fingerprint density at radius 2 is 2.33 bits per heavy atom. The number of hydrogen-bond acceptors (Lipinski definition) is 3. The van der Waals surface area contributed by atoms with Crippen LogP contribution in [0.2, 0.25) is 0 Å². The van der Waals surface area contributed by atoms with Crippen molar-refractivity contribution < 1.29 is 0 Å². The van der Waals surface area contributed by atoms with Crippen molar-refractivity contribution in [3.63, 3.8) is 0 Å². The second-order valence-corrected chi connectivity index (χ2v) is 2.45. The lowest BCUT2D eigenvalue weighted by molar-refractivity contribution is 1.11. The van der Waals surface area contributed by atoms with Gasteiger partial charge in [-0.1, -0.05) is 0 Å². The fourth-order valence-corrected chi connectivity index (χ4v) is 0.718. The molecule has 2 N–H and O–H groups in total. The van der Waals surface area contributed by atoms with Crippen LogP contribution in [0.3, 0.4) is 0 Å². The van der Waals surface area contributed by atoms with Crippen molar-refractivity contribution in [2.75, 3.05) is 5.73 Å². The number of hydrogen-bond donors (Lipinski definition) is 1. The highest BCUT2D eigenvalue weighted by atomic mass is 79.9. The highest BCUT2D eigenvalue weighted by Gasteiger charge is 1.94. The minimum atomic E-state index is 0.299. The summed E-state index contributed by atoms with van der Waals surface area (Å²) >= 11 is 3.21. The van der Waals surface area contributed by atoms with Crippen molar-refractivity contribution in [2.45, 2.75) is 6.92 Å². The van der Waals surface area contributed by atoms with Crippen LogP contribution in [0.25, 0.3) is 0 Å². The smallest absolute Gasteiger partial charge is 0.221 e. The number of nitrogens with two attached hydrogens (primary N) is 1. The summed E-state index contributed by atoms with van der Waals surface area (Å²) in [7, 11) is 0. The fraction of sp³-hybridized carbons (Fsp3) is 0.200.